The number of hydrogen-bond acceptors (Lipinski definition) is 2. The number of rotatable bonds is 6. The van der Waals surface area contributed by atoms with Gasteiger partial charge in [-0.3, -0.25) is 5.41 Å². The first-order valence-corrected chi connectivity index (χ1v) is 18.0. The van der Waals surface area contributed by atoms with Crippen molar-refractivity contribution in [2.45, 2.75) is 20.3 Å². The fourth-order valence-corrected chi connectivity index (χ4v) is 7.91. The van der Waals surface area contributed by atoms with Crippen LogP contribution < -0.4 is 10.6 Å². The van der Waals surface area contributed by atoms with E-state index in [4.69, 9.17) is 9.83 Å². The molecule has 0 aliphatic rings. The van der Waals surface area contributed by atoms with Crippen LogP contribution in [0.4, 0.5) is 0 Å². The molecule has 9 rings (SSSR count). The molecule has 0 atom stereocenters. The summed E-state index contributed by atoms with van der Waals surface area (Å²) in [4.78, 5) is 0. The van der Waals surface area contributed by atoms with Crippen LogP contribution in [0.15, 0.2) is 168 Å². The fraction of sp³-hybridized carbons (Fsp3) is 0.0600. The summed E-state index contributed by atoms with van der Waals surface area (Å²) in [5.41, 5.74) is 11.1. The van der Waals surface area contributed by atoms with E-state index in [9.17, 15) is 0 Å². The number of fused-ring (bicyclic) bond motifs is 7. The van der Waals surface area contributed by atoms with Gasteiger partial charge in [-0.1, -0.05) is 146 Å². The maximum atomic E-state index is 8.91. The van der Waals surface area contributed by atoms with Crippen molar-refractivity contribution < 1.29 is 4.42 Å². The quantitative estimate of drug-likeness (QED) is 0.139. The molecular weight excluding hydrogens is 631 g/mol. The van der Waals surface area contributed by atoms with Crippen LogP contribution in [0.2, 0.25) is 0 Å². The molecule has 2 heteroatoms. The van der Waals surface area contributed by atoms with Crippen molar-refractivity contribution in [3.63, 3.8) is 0 Å². The molecule has 0 saturated heterocycles. The van der Waals surface area contributed by atoms with E-state index in [1.165, 1.54) is 49.0 Å². The van der Waals surface area contributed by atoms with E-state index in [-0.39, 0.29) is 0 Å². The zero-order chi connectivity index (χ0) is 35.2. The molecule has 1 aromatic heterocycles. The molecule has 0 spiro atoms. The highest BCUT2D eigenvalue weighted by Crippen LogP contribution is 2.37. The summed E-state index contributed by atoms with van der Waals surface area (Å²) >= 11 is 0. The molecule has 1 heterocycles. The van der Waals surface area contributed by atoms with Crippen molar-refractivity contribution in [2.24, 2.45) is 0 Å². The van der Waals surface area contributed by atoms with Gasteiger partial charge in [-0.15, -0.1) is 0 Å². The predicted molar refractivity (Wildman–Crippen MR) is 221 cm³/mol. The summed E-state index contributed by atoms with van der Waals surface area (Å²) in [5, 5.41) is 18.9. The first kappa shape index (κ1) is 31.5. The van der Waals surface area contributed by atoms with Crippen LogP contribution >= 0.6 is 0 Å². The molecule has 0 fully saturated rings. The normalized spacial score (nSPS) is 12.6. The smallest absolute Gasteiger partial charge is 0.135 e. The highest BCUT2D eigenvalue weighted by molar-refractivity contribution is 6.25. The second kappa shape index (κ2) is 13.0. The Morgan fingerprint density at radius 1 is 0.481 bits per heavy atom. The summed E-state index contributed by atoms with van der Waals surface area (Å²) in [6, 6.07) is 58.1. The lowest BCUT2D eigenvalue weighted by Crippen LogP contribution is -2.23. The minimum absolute atomic E-state index is 0.522. The largest absolute Gasteiger partial charge is 0.456 e. The first-order chi connectivity index (χ1) is 25.6. The highest BCUT2D eigenvalue weighted by atomic mass is 16.3. The van der Waals surface area contributed by atoms with Crippen LogP contribution in [-0.4, -0.2) is 5.71 Å². The molecule has 9 aromatic rings. The zero-order valence-corrected chi connectivity index (χ0v) is 29.3. The number of furan rings is 1. The van der Waals surface area contributed by atoms with Gasteiger partial charge in [-0.05, 0) is 115 Å². The third kappa shape index (κ3) is 5.32. The van der Waals surface area contributed by atoms with Gasteiger partial charge >= 0.3 is 0 Å². The maximum Gasteiger partial charge on any atom is 0.135 e. The molecule has 248 valence electrons. The van der Waals surface area contributed by atoms with Gasteiger partial charge < -0.3 is 4.42 Å². The Balaban J connectivity index is 1.12. The minimum Gasteiger partial charge on any atom is -0.456 e. The van der Waals surface area contributed by atoms with E-state index in [1.54, 1.807) is 0 Å². The summed E-state index contributed by atoms with van der Waals surface area (Å²) in [6.45, 7) is 4.23. The average Bonchev–Trinajstić information content (AvgIpc) is 3.59. The second-order valence-corrected chi connectivity index (χ2v) is 13.4. The minimum atomic E-state index is 0.522. The predicted octanol–water partition coefficient (Wildman–Crippen LogP) is 12.1. The Bertz CT molecular complexity index is 2910. The molecule has 0 bridgehead atoms. The van der Waals surface area contributed by atoms with E-state index in [2.05, 4.69) is 140 Å². The zero-order valence-electron chi connectivity index (χ0n) is 29.3. The number of hydrogen-bond donors (Lipinski definition) is 1. The van der Waals surface area contributed by atoms with Gasteiger partial charge in [0, 0.05) is 16.2 Å². The third-order valence-corrected chi connectivity index (χ3v) is 10.5. The Morgan fingerprint density at radius 3 is 1.60 bits per heavy atom. The Morgan fingerprint density at radius 2 is 0.981 bits per heavy atom. The van der Waals surface area contributed by atoms with Gasteiger partial charge in [-0.2, -0.15) is 0 Å². The lowest BCUT2D eigenvalue weighted by Gasteiger charge is -2.12. The van der Waals surface area contributed by atoms with E-state index < -0.39 is 0 Å². The van der Waals surface area contributed by atoms with E-state index in [1.807, 2.05) is 43.3 Å². The molecule has 0 unspecified atom stereocenters. The van der Waals surface area contributed by atoms with E-state index in [0.29, 0.717) is 5.71 Å². The van der Waals surface area contributed by atoms with Crippen LogP contribution in [0.1, 0.15) is 37.0 Å². The first-order valence-electron chi connectivity index (χ1n) is 18.0. The van der Waals surface area contributed by atoms with Crippen LogP contribution in [0.25, 0.3) is 77.2 Å². The Kier molecular flexibility index (Phi) is 7.86. The standard InChI is InChI=1S/C50H37NO/c1-3-39(37-15-12-16-38(29-37)50(51)34-13-6-5-7-14-34)49-46-31-36(26-28-48(46)52-47(49)4-2)33-23-21-32(22-24-33)35-25-27-44-42-19-9-8-17-40(42)41-18-10-11-20-43(41)45(44)30-35/h4-31,51H,3H2,1-2H3/b47-4+,49-39+,51-50?. The Hall–Kier alpha value is -6.51. The molecule has 0 saturated carbocycles. The van der Waals surface area contributed by atoms with Crippen molar-refractivity contribution in [1.29, 1.82) is 5.41 Å². The van der Waals surface area contributed by atoms with Gasteiger partial charge in [-0.25, -0.2) is 0 Å². The molecule has 0 aliphatic carbocycles. The topological polar surface area (TPSA) is 37.0 Å². The number of nitrogens with one attached hydrogen (secondary N) is 1. The maximum absolute atomic E-state index is 8.91. The summed E-state index contributed by atoms with van der Waals surface area (Å²) in [6.07, 6.45) is 2.89. The summed E-state index contributed by atoms with van der Waals surface area (Å²) < 4.78 is 6.44. The van der Waals surface area contributed by atoms with Crippen molar-refractivity contribution >= 4 is 60.6 Å². The summed E-state index contributed by atoms with van der Waals surface area (Å²) in [5.74, 6) is 0. The van der Waals surface area contributed by atoms with Crippen molar-refractivity contribution in [3.05, 3.63) is 191 Å². The van der Waals surface area contributed by atoms with Crippen LogP contribution in [0.5, 0.6) is 0 Å². The molecule has 52 heavy (non-hydrogen) atoms. The average molecular weight is 668 g/mol. The van der Waals surface area contributed by atoms with Gasteiger partial charge in [0.15, 0.2) is 0 Å². The van der Waals surface area contributed by atoms with Gasteiger partial charge in [0.2, 0.25) is 0 Å². The molecule has 8 aromatic carbocycles. The Labute approximate surface area is 303 Å². The van der Waals surface area contributed by atoms with Crippen molar-refractivity contribution in [1.82, 2.24) is 0 Å². The fourth-order valence-electron chi connectivity index (χ4n) is 7.91. The molecule has 2 nitrogen and oxygen atoms in total. The van der Waals surface area contributed by atoms with Crippen molar-refractivity contribution in [2.75, 3.05) is 0 Å². The van der Waals surface area contributed by atoms with Gasteiger partial charge in [0.25, 0.3) is 0 Å². The highest BCUT2D eigenvalue weighted by Gasteiger charge is 2.14. The van der Waals surface area contributed by atoms with E-state index in [0.717, 1.165) is 55.8 Å². The molecular formula is C50H37NO. The van der Waals surface area contributed by atoms with Crippen LogP contribution in [-0.2, 0) is 0 Å². The SMILES string of the molecule is C/C=c1/oc2ccc(-c3ccc(-c4ccc5c6ccccc6c6ccccc6c5c4)cc3)cc2/c1=C(/CC)c1cccc(C(=N)c2ccccc2)c1. The van der Waals surface area contributed by atoms with E-state index >= 15 is 0 Å². The third-order valence-electron chi connectivity index (χ3n) is 10.5. The van der Waals surface area contributed by atoms with Crippen molar-refractivity contribution in [3.8, 4) is 22.3 Å². The van der Waals surface area contributed by atoms with Gasteiger partial charge in [0.05, 0.1) is 5.71 Å². The van der Waals surface area contributed by atoms with Crippen LogP contribution in [0, 0.1) is 5.41 Å². The molecule has 1 N–H and O–H groups in total. The van der Waals surface area contributed by atoms with Crippen LogP contribution in [0.3, 0.4) is 0 Å². The second-order valence-electron chi connectivity index (χ2n) is 13.4. The summed E-state index contributed by atoms with van der Waals surface area (Å²) in [7, 11) is 0. The number of benzene rings is 8. The lowest BCUT2D eigenvalue weighted by molar-refractivity contribution is 0.574. The molecule has 0 amide bonds. The molecule has 0 radical (unpaired) electrons. The monoisotopic (exact) mass is 667 g/mol. The lowest BCUT2D eigenvalue weighted by atomic mass is 9.91. The molecule has 0 aliphatic heterocycles. The van der Waals surface area contributed by atoms with Gasteiger partial charge in [0.1, 0.15) is 11.0 Å².